The second-order valence-electron chi connectivity index (χ2n) is 4.08. The summed E-state index contributed by atoms with van der Waals surface area (Å²) in [5.74, 6) is 0.668. The number of anilines is 1. The normalized spacial score (nSPS) is 18.9. The first-order valence-corrected chi connectivity index (χ1v) is 5.08. The molecule has 15 heavy (non-hydrogen) atoms. The summed E-state index contributed by atoms with van der Waals surface area (Å²) in [6.07, 6.45) is 0.996. The van der Waals surface area contributed by atoms with Crippen LogP contribution in [-0.2, 0) is 6.42 Å². The van der Waals surface area contributed by atoms with E-state index in [2.05, 4.69) is 23.3 Å². The molecule has 3 rings (SSSR count). The van der Waals surface area contributed by atoms with Crippen LogP contribution in [0.25, 0.3) is 10.9 Å². The molecule has 0 spiro atoms. The van der Waals surface area contributed by atoms with E-state index in [9.17, 15) is 4.39 Å². The van der Waals surface area contributed by atoms with Gasteiger partial charge in [-0.3, -0.25) is 0 Å². The number of pyridine rings is 1. The minimum absolute atomic E-state index is 0.235. The molecule has 1 aliphatic rings. The monoisotopic (exact) mass is 202 g/mol. The van der Waals surface area contributed by atoms with Gasteiger partial charge in [0.1, 0.15) is 11.6 Å². The van der Waals surface area contributed by atoms with Crippen molar-refractivity contribution < 1.29 is 4.39 Å². The minimum atomic E-state index is -0.235. The van der Waals surface area contributed by atoms with Gasteiger partial charge in [0.25, 0.3) is 0 Å². The lowest BCUT2D eigenvalue weighted by molar-refractivity contribution is 0.629. The van der Waals surface area contributed by atoms with Crippen LogP contribution in [0.1, 0.15) is 12.5 Å². The molecule has 0 aliphatic carbocycles. The number of rotatable bonds is 0. The highest BCUT2D eigenvalue weighted by Crippen LogP contribution is 2.27. The van der Waals surface area contributed by atoms with Gasteiger partial charge in [0.05, 0.1) is 5.52 Å². The van der Waals surface area contributed by atoms with Crippen LogP contribution in [0, 0.1) is 5.82 Å². The molecular formula is C12H11FN2. The summed E-state index contributed by atoms with van der Waals surface area (Å²) < 4.78 is 13.0. The predicted molar refractivity (Wildman–Crippen MR) is 58.5 cm³/mol. The fraction of sp³-hybridized carbons (Fsp3) is 0.250. The second-order valence-corrected chi connectivity index (χ2v) is 4.08. The second kappa shape index (κ2) is 2.92. The summed E-state index contributed by atoms with van der Waals surface area (Å²) in [6, 6.07) is 7.24. The number of aromatic nitrogens is 1. The maximum absolute atomic E-state index is 13.0. The van der Waals surface area contributed by atoms with Crippen molar-refractivity contribution in [2.45, 2.75) is 19.4 Å². The topological polar surface area (TPSA) is 24.9 Å². The molecule has 0 bridgehead atoms. The standard InChI is InChI=1S/C12H11FN2/c1-7-4-9-5-8-2-3-10(13)6-11(8)15-12(9)14-7/h2-3,5-7H,4H2,1H3,(H,14,15). The van der Waals surface area contributed by atoms with Gasteiger partial charge >= 0.3 is 0 Å². The van der Waals surface area contributed by atoms with E-state index < -0.39 is 0 Å². The van der Waals surface area contributed by atoms with E-state index >= 15 is 0 Å². The van der Waals surface area contributed by atoms with Gasteiger partial charge in [-0.15, -0.1) is 0 Å². The first kappa shape index (κ1) is 8.65. The maximum Gasteiger partial charge on any atom is 0.130 e. The molecule has 1 aromatic heterocycles. The van der Waals surface area contributed by atoms with Crippen molar-refractivity contribution in [2.24, 2.45) is 0 Å². The molecule has 3 heteroatoms. The zero-order valence-corrected chi connectivity index (χ0v) is 8.42. The number of hydrogen-bond acceptors (Lipinski definition) is 2. The molecule has 76 valence electrons. The molecule has 1 aliphatic heterocycles. The highest BCUT2D eigenvalue weighted by atomic mass is 19.1. The summed E-state index contributed by atoms with van der Waals surface area (Å²) in [7, 11) is 0. The smallest absolute Gasteiger partial charge is 0.130 e. The lowest BCUT2D eigenvalue weighted by Gasteiger charge is -2.03. The average Bonchev–Trinajstić information content (AvgIpc) is 2.53. The van der Waals surface area contributed by atoms with E-state index in [4.69, 9.17) is 0 Å². The van der Waals surface area contributed by atoms with Gasteiger partial charge in [-0.1, -0.05) is 0 Å². The van der Waals surface area contributed by atoms with Crippen molar-refractivity contribution in [1.82, 2.24) is 4.98 Å². The number of nitrogens with one attached hydrogen (secondary N) is 1. The average molecular weight is 202 g/mol. The maximum atomic E-state index is 13.0. The molecule has 0 saturated heterocycles. The molecule has 2 aromatic rings. The molecule has 2 nitrogen and oxygen atoms in total. The Morgan fingerprint density at radius 2 is 2.27 bits per heavy atom. The Morgan fingerprint density at radius 1 is 1.40 bits per heavy atom. The van der Waals surface area contributed by atoms with Gasteiger partial charge < -0.3 is 5.32 Å². The van der Waals surface area contributed by atoms with Crippen molar-refractivity contribution in [3.63, 3.8) is 0 Å². The van der Waals surface area contributed by atoms with Crippen LogP contribution in [0.2, 0.25) is 0 Å². The van der Waals surface area contributed by atoms with E-state index in [0.29, 0.717) is 6.04 Å². The van der Waals surface area contributed by atoms with Crippen LogP contribution < -0.4 is 5.32 Å². The number of hydrogen-bond donors (Lipinski definition) is 1. The van der Waals surface area contributed by atoms with E-state index in [1.807, 2.05) is 0 Å². The largest absolute Gasteiger partial charge is 0.367 e. The highest BCUT2D eigenvalue weighted by Gasteiger charge is 2.18. The Hall–Kier alpha value is -1.64. The van der Waals surface area contributed by atoms with Crippen LogP contribution in [0.3, 0.4) is 0 Å². The quantitative estimate of drug-likeness (QED) is 0.710. The van der Waals surface area contributed by atoms with Crippen LogP contribution in [-0.4, -0.2) is 11.0 Å². The molecule has 0 fully saturated rings. The summed E-state index contributed by atoms with van der Waals surface area (Å²) in [5.41, 5.74) is 1.94. The van der Waals surface area contributed by atoms with Gasteiger partial charge in [0, 0.05) is 17.5 Å². The molecule has 2 heterocycles. The lowest BCUT2D eigenvalue weighted by Crippen LogP contribution is -2.08. The molecule has 1 N–H and O–H groups in total. The first-order chi connectivity index (χ1) is 7.22. The minimum Gasteiger partial charge on any atom is -0.367 e. The Balaban J connectivity index is 2.25. The van der Waals surface area contributed by atoms with Crippen LogP contribution in [0.4, 0.5) is 10.2 Å². The third-order valence-corrected chi connectivity index (χ3v) is 2.77. The number of halogens is 1. The molecule has 1 unspecified atom stereocenters. The Kier molecular flexibility index (Phi) is 1.69. The highest BCUT2D eigenvalue weighted by molar-refractivity contribution is 5.82. The van der Waals surface area contributed by atoms with Gasteiger partial charge in [-0.25, -0.2) is 9.37 Å². The third kappa shape index (κ3) is 1.35. The van der Waals surface area contributed by atoms with Gasteiger partial charge in [-0.05, 0) is 37.1 Å². The van der Waals surface area contributed by atoms with E-state index in [-0.39, 0.29) is 5.82 Å². The van der Waals surface area contributed by atoms with E-state index in [0.717, 1.165) is 23.1 Å². The summed E-state index contributed by atoms with van der Waals surface area (Å²) in [4.78, 5) is 4.42. The fourth-order valence-electron chi connectivity index (χ4n) is 2.08. The van der Waals surface area contributed by atoms with E-state index in [1.54, 1.807) is 6.07 Å². The molecule has 0 radical (unpaired) electrons. The summed E-state index contributed by atoms with van der Waals surface area (Å²) in [5, 5.41) is 4.28. The Bertz CT molecular complexity index is 536. The van der Waals surface area contributed by atoms with Crippen molar-refractivity contribution in [1.29, 1.82) is 0 Å². The van der Waals surface area contributed by atoms with Crippen molar-refractivity contribution >= 4 is 16.7 Å². The van der Waals surface area contributed by atoms with E-state index in [1.165, 1.54) is 17.7 Å². The third-order valence-electron chi connectivity index (χ3n) is 2.77. The molecule has 1 atom stereocenters. The van der Waals surface area contributed by atoms with Crippen molar-refractivity contribution in [2.75, 3.05) is 5.32 Å². The fourth-order valence-corrected chi connectivity index (χ4v) is 2.08. The van der Waals surface area contributed by atoms with Crippen molar-refractivity contribution in [3.8, 4) is 0 Å². The number of benzene rings is 1. The van der Waals surface area contributed by atoms with Crippen LogP contribution >= 0.6 is 0 Å². The van der Waals surface area contributed by atoms with Gasteiger partial charge in [0.2, 0.25) is 0 Å². The van der Waals surface area contributed by atoms with Crippen LogP contribution in [0.5, 0.6) is 0 Å². The number of fused-ring (bicyclic) bond motifs is 2. The zero-order chi connectivity index (χ0) is 10.4. The molecular weight excluding hydrogens is 191 g/mol. The van der Waals surface area contributed by atoms with Crippen LogP contribution in [0.15, 0.2) is 24.3 Å². The predicted octanol–water partition coefficient (Wildman–Crippen LogP) is 2.73. The molecule has 1 aromatic carbocycles. The zero-order valence-electron chi connectivity index (χ0n) is 8.42. The van der Waals surface area contributed by atoms with Gasteiger partial charge in [0.15, 0.2) is 0 Å². The lowest BCUT2D eigenvalue weighted by atomic mass is 10.1. The van der Waals surface area contributed by atoms with Crippen molar-refractivity contribution in [3.05, 3.63) is 35.6 Å². The van der Waals surface area contributed by atoms with Gasteiger partial charge in [-0.2, -0.15) is 0 Å². The Labute approximate surface area is 87.1 Å². The summed E-state index contributed by atoms with van der Waals surface area (Å²) >= 11 is 0. The Morgan fingerprint density at radius 3 is 3.13 bits per heavy atom. The summed E-state index contributed by atoms with van der Waals surface area (Å²) in [6.45, 7) is 2.12. The molecule has 0 amide bonds. The first-order valence-electron chi connectivity index (χ1n) is 5.08. The number of nitrogens with zero attached hydrogens (tertiary/aromatic N) is 1. The SMILES string of the molecule is CC1Cc2cc3ccc(F)cc3nc2N1. The molecule has 0 saturated carbocycles.